The van der Waals surface area contributed by atoms with Crippen LogP contribution in [0.25, 0.3) is 22.3 Å². The molecule has 7 nitrogen and oxygen atoms in total. The third kappa shape index (κ3) is 3.97. The minimum atomic E-state index is -1.33. The first-order chi connectivity index (χ1) is 15.3. The molecule has 1 unspecified atom stereocenters. The van der Waals surface area contributed by atoms with E-state index in [-0.39, 0.29) is 11.5 Å². The minimum Gasteiger partial charge on any atom is -0.612 e. The van der Waals surface area contributed by atoms with E-state index in [1.807, 2.05) is 6.92 Å². The summed E-state index contributed by atoms with van der Waals surface area (Å²) >= 11 is 11.4. The molecule has 4 rings (SSSR count). The van der Waals surface area contributed by atoms with Gasteiger partial charge in [0.1, 0.15) is 34.5 Å². The Balaban J connectivity index is 1.96. The number of fused-ring (bicyclic) bond motifs is 1. The number of hydrogen-bond donors (Lipinski definition) is 1. The molecule has 11 heteroatoms. The summed E-state index contributed by atoms with van der Waals surface area (Å²) in [5.41, 5.74) is 1.95. The second-order valence-electron chi connectivity index (χ2n) is 6.75. The molecular formula is C21H18Cl2FN5O2S. The van der Waals surface area contributed by atoms with Gasteiger partial charge in [0.25, 0.3) is 0 Å². The predicted octanol–water partition coefficient (Wildman–Crippen LogP) is 5.37. The number of nitrogens with zero attached hydrogens (tertiary/aromatic N) is 4. The number of H-pyrrole nitrogens is 1. The number of ether oxygens (including phenoxy) is 1. The van der Waals surface area contributed by atoms with Crippen LogP contribution < -0.4 is 9.64 Å². The summed E-state index contributed by atoms with van der Waals surface area (Å²) in [4.78, 5) is 11.4. The first kappa shape index (κ1) is 22.6. The quantitative estimate of drug-likeness (QED) is 0.363. The second kappa shape index (κ2) is 9.11. The van der Waals surface area contributed by atoms with Crippen LogP contribution in [-0.2, 0) is 11.2 Å². The van der Waals surface area contributed by atoms with Crippen molar-refractivity contribution in [3.63, 3.8) is 0 Å². The van der Waals surface area contributed by atoms with E-state index in [1.54, 1.807) is 23.1 Å². The van der Waals surface area contributed by atoms with Gasteiger partial charge < -0.3 is 14.2 Å². The summed E-state index contributed by atoms with van der Waals surface area (Å²) in [6.07, 6.45) is 3.06. The van der Waals surface area contributed by atoms with Crippen molar-refractivity contribution >= 4 is 57.0 Å². The Bertz CT molecular complexity index is 1300. The van der Waals surface area contributed by atoms with Crippen LogP contribution in [0.3, 0.4) is 0 Å². The smallest absolute Gasteiger partial charge is 0.231 e. The average molecular weight is 494 g/mol. The van der Waals surface area contributed by atoms with Crippen LogP contribution in [0.5, 0.6) is 5.75 Å². The van der Waals surface area contributed by atoms with Crippen molar-refractivity contribution < 1.29 is 13.7 Å². The van der Waals surface area contributed by atoms with Gasteiger partial charge in [-0.3, -0.25) is 5.10 Å². The topological polar surface area (TPSA) is 90.0 Å². The molecule has 0 aliphatic carbocycles. The largest absolute Gasteiger partial charge is 0.612 e. The molecule has 0 saturated carbocycles. The van der Waals surface area contributed by atoms with Gasteiger partial charge in [-0.15, -0.1) is 0 Å². The van der Waals surface area contributed by atoms with Gasteiger partial charge in [-0.2, -0.15) is 5.10 Å². The molecule has 4 aromatic rings. The van der Waals surface area contributed by atoms with Gasteiger partial charge in [-0.25, -0.2) is 14.4 Å². The molecule has 2 heterocycles. The normalized spacial score (nSPS) is 12.2. The summed E-state index contributed by atoms with van der Waals surface area (Å²) in [5, 5.41) is 7.52. The second-order valence-corrected chi connectivity index (χ2v) is 8.91. The van der Waals surface area contributed by atoms with Gasteiger partial charge in [0.2, 0.25) is 5.95 Å². The Labute approximate surface area is 196 Å². The number of nitrogens with one attached hydrogen (secondary N) is 1. The molecule has 2 aromatic heterocycles. The standard InChI is InChI=1S/C21H18Cl2FN5O2S/c1-4-29(15-9-17(32(3)30)12(23)8-11(15)22)21-26-14-10-25-28-19(14)20(27-21)18-13(24)6-5-7-16(18)31-2/h5-10H,4H2,1-3H3,(H,25,28). The van der Waals surface area contributed by atoms with Gasteiger partial charge in [0.05, 0.1) is 34.6 Å². The molecule has 32 heavy (non-hydrogen) atoms. The van der Waals surface area contributed by atoms with Crippen molar-refractivity contribution in [3.05, 3.63) is 52.4 Å². The van der Waals surface area contributed by atoms with Crippen LogP contribution in [0.1, 0.15) is 6.92 Å². The summed E-state index contributed by atoms with van der Waals surface area (Å²) in [5.74, 6) is 0.0849. The number of aromatic nitrogens is 4. The maximum atomic E-state index is 14.9. The third-order valence-electron chi connectivity index (χ3n) is 4.88. The van der Waals surface area contributed by atoms with Crippen LogP contribution in [0.2, 0.25) is 10.0 Å². The molecule has 0 radical (unpaired) electrons. The van der Waals surface area contributed by atoms with Crippen LogP contribution in [0.4, 0.5) is 16.0 Å². The van der Waals surface area contributed by atoms with Crippen molar-refractivity contribution in [2.75, 3.05) is 24.8 Å². The summed E-state index contributed by atoms with van der Waals surface area (Å²) in [6, 6.07) is 7.73. The summed E-state index contributed by atoms with van der Waals surface area (Å²) in [6.45, 7) is 2.31. The molecule has 0 fully saturated rings. The maximum Gasteiger partial charge on any atom is 0.231 e. The van der Waals surface area contributed by atoms with E-state index in [2.05, 4.69) is 20.2 Å². The summed E-state index contributed by atoms with van der Waals surface area (Å²) in [7, 11) is 1.46. The number of anilines is 2. The molecule has 0 spiro atoms. The SMILES string of the molecule is CCN(c1nc(-c2c(F)cccc2OC)c2[nH]ncc2n1)c1cc([S+](C)[O-])c(Cl)cc1Cl. The van der Waals surface area contributed by atoms with Crippen LogP contribution in [0, 0.1) is 5.82 Å². The van der Waals surface area contributed by atoms with E-state index in [1.165, 1.54) is 31.7 Å². The van der Waals surface area contributed by atoms with Crippen molar-refractivity contribution in [2.24, 2.45) is 0 Å². The van der Waals surface area contributed by atoms with E-state index in [0.29, 0.717) is 49.6 Å². The predicted molar refractivity (Wildman–Crippen MR) is 125 cm³/mol. The lowest BCUT2D eigenvalue weighted by atomic mass is 10.1. The lowest BCUT2D eigenvalue weighted by molar-refractivity contribution is 0.413. The number of methoxy groups -OCH3 is 1. The highest BCUT2D eigenvalue weighted by Crippen LogP contribution is 2.39. The highest BCUT2D eigenvalue weighted by molar-refractivity contribution is 7.90. The van der Waals surface area contributed by atoms with E-state index in [0.717, 1.165) is 0 Å². The monoisotopic (exact) mass is 493 g/mol. The fourth-order valence-electron chi connectivity index (χ4n) is 3.40. The molecule has 0 amide bonds. The zero-order chi connectivity index (χ0) is 23.0. The molecule has 1 N–H and O–H groups in total. The van der Waals surface area contributed by atoms with Crippen molar-refractivity contribution in [1.29, 1.82) is 0 Å². The van der Waals surface area contributed by atoms with Gasteiger partial charge >= 0.3 is 0 Å². The number of rotatable bonds is 6. The van der Waals surface area contributed by atoms with Crippen molar-refractivity contribution in [1.82, 2.24) is 20.2 Å². The lowest BCUT2D eigenvalue weighted by Gasteiger charge is -2.24. The Kier molecular flexibility index (Phi) is 6.43. The van der Waals surface area contributed by atoms with Gasteiger partial charge in [0, 0.05) is 12.6 Å². The van der Waals surface area contributed by atoms with E-state index in [9.17, 15) is 8.94 Å². The first-order valence-corrected chi connectivity index (χ1v) is 11.8. The number of halogens is 3. The third-order valence-corrected chi connectivity index (χ3v) is 6.56. The maximum absolute atomic E-state index is 14.9. The molecule has 0 saturated heterocycles. The number of aromatic amines is 1. The highest BCUT2D eigenvalue weighted by Gasteiger charge is 2.24. The Morgan fingerprint density at radius 2 is 2.00 bits per heavy atom. The lowest BCUT2D eigenvalue weighted by Crippen LogP contribution is -2.20. The minimum absolute atomic E-state index is 0.182. The molecule has 0 aliphatic rings. The molecule has 166 valence electrons. The van der Waals surface area contributed by atoms with Crippen LogP contribution in [0.15, 0.2) is 41.4 Å². The Morgan fingerprint density at radius 1 is 1.22 bits per heavy atom. The molecular weight excluding hydrogens is 476 g/mol. The zero-order valence-electron chi connectivity index (χ0n) is 17.3. The van der Waals surface area contributed by atoms with Crippen LogP contribution in [-0.4, -0.2) is 44.6 Å². The molecule has 0 bridgehead atoms. The molecule has 2 aromatic carbocycles. The van der Waals surface area contributed by atoms with Gasteiger partial charge in [-0.1, -0.05) is 29.3 Å². The van der Waals surface area contributed by atoms with Crippen LogP contribution >= 0.6 is 23.2 Å². The zero-order valence-corrected chi connectivity index (χ0v) is 19.6. The fourth-order valence-corrected chi connectivity index (χ4v) is 4.82. The first-order valence-electron chi connectivity index (χ1n) is 9.49. The van der Waals surface area contributed by atoms with E-state index in [4.69, 9.17) is 27.9 Å². The fraction of sp³-hybridized carbons (Fsp3) is 0.190. The molecule has 0 aliphatic heterocycles. The summed E-state index contributed by atoms with van der Waals surface area (Å²) < 4.78 is 32.4. The van der Waals surface area contributed by atoms with E-state index < -0.39 is 17.0 Å². The number of benzene rings is 2. The van der Waals surface area contributed by atoms with E-state index >= 15 is 0 Å². The van der Waals surface area contributed by atoms with Gasteiger partial charge in [-0.05, 0) is 36.3 Å². The molecule has 1 atom stereocenters. The van der Waals surface area contributed by atoms with Crippen molar-refractivity contribution in [3.8, 4) is 17.0 Å². The number of hydrogen-bond acceptors (Lipinski definition) is 6. The Hall–Kier alpha value is -2.59. The van der Waals surface area contributed by atoms with Crippen molar-refractivity contribution in [2.45, 2.75) is 11.8 Å². The van der Waals surface area contributed by atoms with Gasteiger partial charge in [0.15, 0.2) is 4.90 Å². The Morgan fingerprint density at radius 3 is 2.69 bits per heavy atom. The highest BCUT2D eigenvalue weighted by atomic mass is 35.5. The average Bonchev–Trinajstić information content (AvgIpc) is 3.23.